The Bertz CT molecular complexity index is 702. The van der Waals surface area contributed by atoms with Crippen LogP contribution in [0.2, 0.25) is 0 Å². The lowest BCUT2D eigenvalue weighted by Crippen LogP contribution is -2.38. The van der Waals surface area contributed by atoms with Crippen molar-refractivity contribution in [2.45, 2.75) is 20.0 Å². The lowest BCUT2D eigenvalue weighted by atomic mass is 10.2. The molecule has 0 aliphatic heterocycles. The molecule has 0 fully saturated rings. The Morgan fingerprint density at radius 3 is 2.68 bits per heavy atom. The highest BCUT2D eigenvalue weighted by Gasteiger charge is 2.09. The van der Waals surface area contributed by atoms with E-state index in [4.69, 9.17) is 4.74 Å². The summed E-state index contributed by atoms with van der Waals surface area (Å²) in [6, 6.07) is 9.02. The first-order valence-corrected chi connectivity index (χ1v) is 7.97. The van der Waals surface area contributed by atoms with E-state index in [1.54, 1.807) is 6.07 Å². The predicted octanol–water partition coefficient (Wildman–Crippen LogP) is 3.39. The fraction of sp³-hybridized carbons (Fsp3) is 0.389. The minimum Gasteiger partial charge on any atom is -0.494 e. The van der Waals surface area contributed by atoms with E-state index in [1.165, 1.54) is 18.9 Å². The van der Waals surface area contributed by atoms with Gasteiger partial charge in [-0.25, -0.2) is 9.38 Å². The zero-order valence-corrected chi connectivity index (χ0v) is 17.5. The van der Waals surface area contributed by atoms with Crippen LogP contribution in [-0.2, 0) is 20.1 Å². The summed E-state index contributed by atoms with van der Waals surface area (Å²) < 4.78 is 20.8. The smallest absolute Gasteiger partial charge is 0.194 e. The Hall–Kier alpha value is -1.77. The van der Waals surface area contributed by atoms with Crippen molar-refractivity contribution < 1.29 is 9.13 Å². The van der Waals surface area contributed by atoms with Gasteiger partial charge in [-0.2, -0.15) is 0 Å². The number of rotatable bonds is 6. The van der Waals surface area contributed by atoms with Gasteiger partial charge in [0.1, 0.15) is 0 Å². The van der Waals surface area contributed by atoms with Crippen molar-refractivity contribution in [3.8, 4) is 5.75 Å². The summed E-state index contributed by atoms with van der Waals surface area (Å²) in [6.45, 7) is 3.94. The van der Waals surface area contributed by atoms with Crippen LogP contribution in [0.3, 0.4) is 0 Å². The highest BCUT2D eigenvalue weighted by atomic mass is 127. The van der Waals surface area contributed by atoms with Gasteiger partial charge in [0.05, 0.1) is 20.2 Å². The number of nitrogens with zero attached hydrogens (tertiary/aromatic N) is 3. The number of aryl methyl sites for hydroxylation is 1. The molecule has 0 spiro atoms. The zero-order valence-electron chi connectivity index (χ0n) is 15.1. The highest BCUT2D eigenvalue weighted by Crippen LogP contribution is 2.18. The molecule has 0 saturated carbocycles. The summed E-state index contributed by atoms with van der Waals surface area (Å²) in [5.74, 6) is 0.665. The number of nitrogens with one attached hydrogen (secondary N) is 1. The third-order valence-electron chi connectivity index (χ3n) is 3.77. The SMILES string of the molecule is CCNC(=NCc1ccc(OC)c(F)c1)N(C)Cc1cccn1C.I. The van der Waals surface area contributed by atoms with E-state index in [1.807, 2.05) is 39.3 Å². The topological polar surface area (TPSA) is 41.8 Å². The first-order chi connectivity index (χ1) is 11.5. The number of ether oxygens (including phenoxy) is 1. The van der Waals surface area contributed by atoms with E-state index in [2.05, 4.69) is 25.8 Å². The van der Waals surface area contributed by atoms with Crippen molar-refractivity contribution >= 4 is 29.9 Å². The Morgan fingerprint density at radius 1 is 1.36 bits per heavy atom. The number of halogens is 2. The molecule has 0 saturated heterocycles. The van der Waals surface area contributed by atoms with Gasteiger partial charge in [-0.3, -0.25) is 0 Å². The average Bonchev–Trinajstić information content (AvgIpc) is 2.96. The Balaban J connectivity index is 0.00000312. The van der Waals surface area contributed by atoms with Gasteiger partial charge in [-0.1, -0.05) is 6.07 Å². The van der Waals surface area contributed by atoms with Crippen LogP contribution in [0.5, 0.6) is 5.75 Å². The quantitative estimate of drug-likeness (QED) is 0.409. The number of benzene rings is 1. The molecular formula is C18H26FIN4O. The number of aliphatic imine (C=N–C) groups is 1. The van der Waals surface area contributed by atoms with Crippen LogP contribution in [0.25, 0.3) is 0 Å². The first-order valence-electron chi connectivity index (χ1n) is 7.97. The van der Waals surface area contributed by atoms with Crippen LogP contribution < -0.4 is 10.1 Å². The van der Waals surface area contributed by atoms with E-state index in [0.717, 1.165) is 24.6 Å². The number of guanidine groups is 1. The molecule has 0 radical (unpaired) electrons. The Morgan fingerprint density at radius 2 is 2.12 bits per heavy atom. The molecule has 25 heavy (non-hydrogen) atoms. The lowest BCUT2D eigenvalue weighted by molar-refractivity contribution is 0.386. The molecule has 2 rings (SSSR count). The fourth-order valence-electron chi connectivity index (χ4n) is 2.42. The summed E-state index contributed by atoms with van der Waals surface area (Å²) in [6.07, 6.45) is 2.02. The number of hydrogen-bond acceptors (Lipinski definition) is 2. The van der Waals surface area contributed by atoms with Gasteiger partial charge < -0.3 is 19.5 Å². The summed E-state index contributed by atoms with van der Waals surface area (Å²) in [7, 11) is 5.47. The monoisotopic (exact) mass is 460 g/mol. The van der Waals surface area contributed by atoms with E-state index < -0.39 is 0 Å². The van der Waals surface area contributed by atoms with Crippen molar-refractivity contribution in [3.63, 3.8) is 0 Å². The van der Waals surface area contributed by atoms with Crippen LogP contribution in [0.4, 0.5) is 4.39 Å². The van der Waals surface area contributed by atoms with Crippen molar-refractivity contribution in [3.05, 3.63) is 53.6 Å². The van der Waals surface area contributed by atoms with Crippen molar-refractivity contribution in [2.75, 3.05) is 20.7 Å². The normalized spacial score (nSPS) is 11.0. The minimum absolute atomic E-state index is 0. The second kappa shape index (κ2) is 10.3. The zero-order chi connectivity index (χ0) is 17.5. The molecule has 0 bridgehead atoms. The van der Waals surface area contributed by atoms with Crippen molar-refractivity contribution in [1.82, 2.24) is 14.8 Å². The second-order valence-corrected chi connectivity index (χ2v) is 5.61. The number of methoxy groups -OCH3 is 1. The number of hydrogen-bond donors (Lipinski definition) is 1. The van der Waals surface area contributed by atoms with Crippen LogP contribution in [0.1, 0.15) is 18.2 Å². The maximum absolute atomic E-state index is 13.8. The minimum atomic E-state index is -0.368. The van der Waals surface area contributed by atoms with Gasteiger partial charge in [-0.15, -0.1) is 24.0 Å². The average molecular weight is 460 g/mol. The van der Waals surface area contributed by atoms with Crippen molar-refractivity contribution in [2.24, 2.45) is 12.0 Å². The first kappa shape index (κ1) is 21.3. The van der Waals surface area contributed by atoms with Crippen molar-refractivity contribution in [1.29, 1.82) is 0 Å². The summed E-state index contributed by atoms with van der Waals surface area (Å²) in [5.41, 5.74) is 1.99. The molecule has 7 heteroatoms. The maximum atomic E-state index is 13.8. The molecule has 1 N–H and O–H groups in total. The molecular weight excluding hydrogens is 434 g/mol. The van der Waals surface area contributed by atoms with Gasteiger partial charge in [0.25, 0.3) is 0 Å². The molecule has 0 unspecified atom stereocenters. The van der Waals surface area contributed by atoms with Crippen LogP contribution in [0, 0.1) is 5.82 Å². The molecule has 1 aromatic heterocycles. The lowest BCUT2D eigenvalue weighted by Gasteiger charge is -2.22. The summed E-state index contributed by atoms with van der Waals surface area (Å²) >= 11 is 0. The third kappa shape index (κ3) is 5.91. The summed E-state index contributed by atoms with van der Waals surface area (Å²) in [4.78, 5) is 6.66. The maximum Gasteiger partial charge on any atom is 0.194 e. The van der Waals surface area contributed by atoms with Gasteiger partial charge in [-0.05, 0) is 36.8 Å². The van der Waals surface area contributed by atoms with E-state index in [9.17, 15) is 4.39 Å². The molecule has 0 aliphatic rings. The van der Waals surface area contributed by atoms with Crippen LogP contribution in [0.15, 0.2) is 41.5 Å². The molecule has 0 amide bonds. The van der Waals surface area contributed by atoms with Gasteiger partial charge in [0, 0.05) is 32.5 Å². The van der Waals surface area contributed by atoms with E-state index >= 15 is 0 Å². The summed E-state index contributed by atoms with van der Waals surface area (Å²) in [5, 5.41) is 3.27. The molecule has 1 aromatic carbocycles. The fourth-order valence-corrected chi connectivity index (χ4v) is 2.42. The Kier molecular flexibility index (Phi) is 8.74. The van der Waals surface area contributed by atoms with E-state index in [-0.39, 0.29) is 35.5 Å². The highest BCUT2D eigenvalue weighted by molar-refractivity contribution is 14.0. The molecule has 0 aliphatic carbocycles. The standard InChI is InChI=1S/C18H25FN4O.HI/c1-5-20-18(23(3)13-15-7-6-10-22(15)2)21-12-14-8-9-17(24-4)16(19)11-14;/h6-11H,5,12-13H2,1-4H3,(H,20,21);1H. The van der Waals surface area contributed by atoms with Gasteiger partial charge >= 0.3 is 0 Å². The molecule has 2 aromatic rings. The molecule has 5 nitrogen and oxygen atoms in total. The molecule has 0 atom stereocenters. The predicted molar refractivity (Wildman–Crippen MR) is 110 cm³/mol. The van der Waals surface area contributed by atoms with E-state index in [0.29, 0.717) is 6.54 Å². The molecule has 138 valence electrons. The third-order valence-corrected chi connectivity index (χ3v) is 3.77. The Labute approximate surface area is 165 Å². The number of aromatic nitrogens is 1. The van der Waals surface area contributed by atoms with Gasteiger partial charge in [0.2, 0.25) is 0 Å². The van der Waals surface area contributed by atoms with Crippen LogP contribution in [-0.4, -0.2) is 36.1 Å². The second-order valence-electron chi connectivity index (χ2n) is 5.61. The van der Waals surface area contributed by atoms with Crippen LogP contribution >= 0.6 is 24.0 Å². The van der Waals surface area contributed by atoms with Gasteiger partial charge in [0.15, 0.2) is 17.5 Å². The molecule has 1 heterocycles. The largest absolute Gasteiger partial charge is 0.494 e.